The highest BCUT2D eigenvalue weighted by molar-refractivity contribution is 5.60. The van der Waals surface area contributed by atoms with E-state index < -0.39 is 0 Å². The summed E-state index contributed by atoms with van der Waals surface area (Å²) in [4.78, 5) is 4.20. The molecule has 19 heavy (non-hydrogen) atoms. The highest BCUT2D eigenvalue weighted by Crippen LogP contribution is 2.25. The van der Waals surface area contributed by atoms with Crippen molar-refractivity contribution < 1.29 is 8.81 Å². The van der Waals surface area contributed by atoms with Gasteiger partial charge in [0.1, 0.15) is 11.5 Å². The van der Waals surface area contributed by atoms with Gasteiger partial charge in [-0.1, -0.05) is 13.8 Å². The number of hydrogen-bond donors (Lipinski definition) is 1. The van der Waals surface area contributed by atoms with E-state index in [0.29, 0.717) is 18.2 Å². The van der Waals surface area contributed by atoms with Gasteiger partial charge in [0.2, 0.25) is 0 Å². The fourth-order valence-corrected chi connectivity index (χ4v) is 1.98. The first-order valence-electron chi connectivity index (χ1n) is 6.47. The van der Waals surface area contributed by atoms with Gasteiger partial charge in [-0.2, -0.15) is 0 Å². The predicted molar refractivity (Wildman–Crippen MR) is 73.2 cm³/mol. The van der Waals surface area contributed by atoms with E-state index in [1.165, 1.54) is 18.5 Å². The lowest BCUT2D eigenvalue weighted by atomic mass is 10.1. The molecule has 1 N–H and O–H groups in total. The third-order valence-electron chi connectivity index (χ3n) is 2.79. The number of oxazole rings is 1. The Morgan fingerprint density at radius 1 is 1.32 bits per heavy atom. The Morgan fingerprint density at radius 2 is 2.11 bits per heavy atom. The summed E-state index contributed by atoms with van der Waals surface area (Å²) in [5.41, 5.74) is 2.41. The lowest BCUT2D eigenvalue weighted by Crippen LogP contribution is -2.19. The van der Waals surface area contributed by atoms with E-state index in [9.17, 15) is 4.39 Å². The van der Waals surface area contributed by atoms with E-state index >= 15 is 0 Å². The van der Waals surface area contributed by atoms with E-state index in [2.05, 4.69) is 24.1 Å². The Kier molecular flexibility index (Phi) is 4.32. The van der Waals surface area contributed by atoms with Crippen molar-refractivity contribution >= 4 is 0 Å². The van der Waals surface area contributed by atoms with Gasteiger partial charge in [-0.05, 0) is 43.1 Å². The van der Waals surface area contributed by atoms with Crippen LogP contribution in [0.3, 0.4) is 0 Å². The molecular formula is C15H19FN2O. The van der Waals surface area contributed by atoms with Gasteiger partial charge in [0.25, 0.3) is 0 Å². The predicted octanol–water partition coefficient (Wildman–Crippen LogP) is 3.53. The Hall–Kier alpha value is -1.68. The molecule has 0 aliphatic carbocycles. The quantitative estimate of drug-likeness (QED) is 0.895. The Morgan fingerprint density at radius 3 is 2.79 bits per heavy atom. The van der Waals surface area contributed by atoms with Gasteiger partial charge in [-0.25, -0.2) is 9.37 Å². The van der Waals surface area contributed by atoms with Crippen molar-refractivity contribution in [3.63, 3.8) is 0 Å². The van der Waals surface area contributed by atoms with Gasteiger partial charge in [-0.3, -0.25) is 0 Å². The van der Waals surface area contributed by atoms with Crippen LogP contribution in [0.1, 0.15) is 25.1 Å². The maximum atomic E-state index is 13.4. The highest BCUT2D eigenvalue weighted by Gasteiger charge is 2.12. The summed E-state index contributed by atoms with van der Waals surface area (Å²) in [6.07, 6.45) is 1.40. The number of aromatic nitrogens is 1. The molecule has 0 spiro atoms. The maximum absolute atomic E-state index is 13.4. The maximum Gasteiger partial charge on any atom is 0.181 e. The first kappa shape index (κ1) is 13.7. The van der Waals surface area contributed by atoms with Crippen LogP contribution in [-0.2, 0) is 6.54 Å². The second-order valence-corrected chi connectivity index (χ2v) is 5.17. The van der Waals surface area contributed by atoms with Gasteiger partial charge in [0, 0.05) is 12.1 Å². The van der Waals surface area contributed by atoms with Crippen molar-refractivity contribution in [2.45, 2.75) is 27.3 Å². The molecule has 0 atom stereocenters. The minimum atomic E-state index is -0.257. The molecule has 0 aliphatic heterocycles. The van der Waals surface area contributed by atoms with Crippen LogP contribution in [0.4, 0.5) is 4.39 Å². The van der Waals surface area contributed by atoms with Crippen LogP contribution >= 0.6 is 0 Å². The highest BCUT2D eigenvalue weighted by atomic mass is 19.1. The first-order valence-corrected chi connectivity index (χ1v) is 6.47. The third-order valence-corrected chi connectivity index (χ3v) is 2.79. The molecule has 2 aromatic rings. The number of nitrogens with one attached hydrogen (secondary N) is 1. The van der Waals surface area contributed by atoms with Crippen LogP contribution in [0.25, 0.3) is 11.3 Å². The van der Waals surface area contributed by atoms with E-state index in [4.69, 9.17) is 4.42 Å². The monoisotopic (exact) mass is 262 g/mol. The molecule has 0 unspecified atom stereocenters. The zero-order valence-corrected chi connectivity index (χ0v) is 11.5. The molecule has 0 saturated carbocycles. The summed E-state index contributed by atoms with van der Waals surface area (Å²) in [6.45, 7) is 7.69. The minimum absolute atomic E-state index is 0.257. The lowest BCUT2D eigenvalue weighted by Gasteiger charge is -2.07. The molecule has 0 amide bonds. The molecule has 1 aromatic heterocycles. The summed E-state index contributed by atoms with van der Waals surface area (Å²) in [5.74, 6) is 0.957. The molecule has 2 rings (SSSR count). The summed E-state index contributed by atoms with van der Waals surface area (Å²) < 4.78 is 18.8. The second-order valence-electron chi connectivity index (χ2n) is 5.17. The standard InChI is InChI=1S/C15H19FN2O/c1-10(2)7-17-8-14-15(19-9-18-14)12-4-11(3)5-13(16)6-12/h4-6,9-10,17H,7-8H2,1-3H3. The summed E-state index contributed by atoms with van der Waals surface area (Å²) >= 11 is 0. The van der Waals surface area contributed by atoms with Gasteiger partial charge in [0.05, 0.1) is 0 Å². The Balaban J connectivity index is 2.18. The minimum Gasteiger partial charge on any atom is -0.443 e. The van der Waals surface area contributed by atoms with Crippen molar-refractivity contribution in [3.8, 4) is 11.3 Å². The Labute approximate surface area is 112 Å². The molecule has 4 heteroatoms. The molecule has 0 fully saturated rings. The van der Waals surface area contributed by atoms with Crippen molar-refractivity contribution in [3.05, 3.63) is 41.7 Å². The number of rotatable bonds is 5. The molecule has 0 bridgehead atoms. The van der Waals surface area contributed by atoms with Crippen LogP contribution in [0, 0.1) is 18.7 Å². The summed E-state index contributed by atoms with van der Waals surface area (Å²) in [7, 11) is 0. The number of halogens is 1. The van der Waals surface area contributed by atoms with Crippen molar-refractivity contribution in [1.29, 1.82) is 0 Å². The fourth-order valence-electron chi connectivity index (χ4n) is 1.98. The summed E-state index contributed by atoms with van der Waals surface area (Å²) in [6, 6.07) is 4.87. The molecule has 0 radical (unpaired) electrons. The van der Waals surface area contributed by atoms with Gasteiger partial charge in [0.15, 0.2) is 12.2 Å². The Bertz CT molecular complexity index is 529. The fraction of sp³-hybridized carbons (Fsp3) is 0.400. The van der Waals surface area contributed by atoms with Crippen LogP contribution in [-0.4, -0.2) is 11.5 Å². The molecule has 0 aliphatic rings. The summed E-state index contributed by atoms with van der Waals surface area (Å²) in [5, 5.41) is 3.31. The van der Waals surface area contributed by atoms with Crippen LogP contribution in [0.15, 0.2) is 29.0 Å². The molecule has 102 valence electrons. The number of aryl methyl sites for hydroxylation is 1. The van der Waals surface area contributed by atoms with Gasteiger partial charge >= 0.3 is 0 Å². The molecule has 3 nitrogen and oxygen atoms in total. The van der Waals surface area contributed by atoms with Gasteiger partial charge < -0.3 is 9.73 Å². The van der Waals surface area contributed by atoms with Crippen LogP contribution in [0.2, 0.25) is 0 Å². The van der Waals surface area contributed by atoms with Crippen molar-refractivity contribution in [2.75, 3.05) is 6.54 Å². The molecular weight excluding hydrogens is 243 g/mol. The number of nitrogens with zero attached hydrogens (tertiary/aromatic N) is 1. The molecule has 0 saturated heterocycles. The topological polar surface area (TPSA) is 38.1 Å². The first-order chi connectivity index (χ1) is 9.06. The largest absolute Gasteiger partial charge is 0.443 e. The third kappa shape index (κ3) is 3.64. The van der Waals surface area contributed by atoms with Crippen molar-refractivity contribution in [2.24, 2.45) is 5.92 Å². The average molecular weight is 262 g/mol. The van der Waals surface area contributed by atoms with Crippen molar-refractivity contribution in [1.82, 2.24) is 10.3 Å². The smallest absolute Gasteiger partial charge is 0.181 e. The van der Waals surface area contributed by atoms with E-state index in [0.717, 1.165) is 23.4 Å². The normalized spacial score (nSPS) is 11.2. The number of hydrogen-bond acceptors (Lipinski definition) is 3. The van der Waals surface area contributed by atoms with Crippen LogP contribution in [0.5, 0.6) is 0 Å². The lowest BCUT2D eigenvalue weighted by molar-refractivity contribution is 0.544. The molecule has 1 aromatic carbocycles. The number of benzene rings is 1. The van der Waals surface area contributed by atoms with Gasteiger partial charge in [-0.15, -0.1) is 0 Å². The zero-order chi connectivity index (χ0) is 13.8. The second kappa shape index (κ2) is 5.97. The van der Waals surface area contributed by atoms with E-state index in [1.807, 2.05) is 13.0 Å². The average Bonchev–Trinajstić information content (AvgIpc) is 2.75. The zero-order valence-electron chi connectivity index (χ0n) is 11.5. The van der Waals surface area contributed by atoms with E-state index in [-0.39, 0.29) is 5.82 Å². The van der Waals surface area contributed by atoms with Crippen LogP contribution < -0.4 is 5.32 Å². The van der Waals surface area contributed by atoms with E-state index in [1.54, 1.807) is 0 Å². The SMILES string of the molecule is Cc1cc(F)cc(-c2ocnc2CNCC(C)C)c1. The molecule has 1 heterocycles.